The van der Waals surface area contributed by atoms with Crippen molar-refractivity contribution < 1.29 is 0 Å². The molecule has 1 saturated heterocycles. The second-order valence-corrected chi connectivity index (χ2v) is 4.53. The third-order valence-corrected chi connectivity index (χ3v) is 3.39. The molecule has 1 aliphatic heterocycles. The quantitative estimate of drug-likeness (QED) is 0.719. The fraction of sp³-hybridized carbons (Fsp3) is 0.667. The van der Waals surface area contributed by atoms with Crippen molar-refractivity contribution in [2.24, 2.45) is 0 Å². The van der Waals surface area contributed by atoms with Crippen LogP contribution in [0.2, 0.25) is 0 Å². The molecule has 2 rings (SSSR count). The van der Waals surface area contributed by atoms with E-state index in [9.17, 15) is 4.79 Å². The van der Waals surface area contributed by atoms with Gasteiger partial charge in [0.1, 0.15) is 0 Å². The smallest absolute Gasteiger partial charge is 0.263 e. The topological polar surface area (TPSA) is 44.9 Å². The number of hydrogen-bond acceptors (Lipinski definition) is 3. The first kappa shape index (κ1) is 8.97. The maximum atomic E-state index is 11.5. The summed E-state index contributed by atoms with van der Waals surface area (Å²) < 4.78 is 2.78. The van der Waals surface area contributed by atoms with E-state index in [0.717, 1.165) is 23.4 Å². The van der Waals surface area contributed by atoms with Gasteiger partial charge in [-0.3, -0.25) is 9.17 Å². The van der Waals surface area contributed by atoms with E-state index >= 15 is 0 Å². The standard InChI is InChI=1S/C9H14N2OS/c1-6-8(9(12)11-13-6)7-4-2-3-5-10-7/h7,10H,2-5H2,1H3,(H,11,12). The summed E-state index contributed by atoms with van der Waals surface area (Å²) in [5.41, 5.74) is 1.06. The minimum Gasteiger partial charge on any atom is -0.310 e. The van der Waals surface area contributed by atoms with Crippen LogP contribution in [-0.4, -0.2) is 10.9 Å². The Morgan fingerprint density at radius 3 is 2.85 bits per heavy atom. The van der Waals surface area contributed by atoms with Gasteiger partial charge in [-0.25, -0.2) is 0 Å². The number of aryl methyl sites for hydroxylation is 1. The molecule has 0 radical (unpaired) electrons. The number of aromatic amines is 1. The predicted octanol–water partition coefficient (Wildman–Crippen LogP) is 1.56. The van der Waals surface area contributed by atoms with Gasteiger partial charge in [-0.1, -0.05) is 18.0 Å². The summed E-state index contributed by atoms with van der Waals surface area (Å²) in [6.45, 7) is 3.05. The van der Waals surface area contributed by atoms with Crippen LogP contribution >= 0.6 is 11.5 Å². The normalized spacial score (nSPS) is 23.3. The molecule has 0 aromatic carbocycles. The highest BCUT2D eigenvalue weighted by molar-refractivity contribution is 7.05. The average Bonchev–Trinajstić information content (AvgIpc) is 2.48. The highest BCUT2D eigenvalue weighted by atomic mass is 32.1. The molecule has 0 amide bonds. The number of hydrogen-bond donors (Lipinski definition) is 2. The lowest BCUT2D eigenvalue weighted by atomic mass is 9.99. The highest BCUT2D eigenvalue weighted by Gasteiger charge is 2.20. The van der Waals surface area contributed by atoms with Gasteiger partial charge >= 0.3 is 0 Å². The fourth-order valence-corrected chi connectivity index (χ4v) is 2.60. The van der Waals surface area contributed by atoms with E-state index in [1.807, 2.05) is 6.92 Å². The molecule has 0 saturated carbocycles. The first-order chi connectivity index (χ1) is 6.29. The van der Waals surface area contributed by atoms with Crippen molar-refractivity contribution in [1.82, 2.24) is 9.69 Å². The van der Waals surface area contributed by atoms with Crippen molar-refractivity contribution >= 4 is 11.5 Å². The van der Waals surface area contributed by atoms with Crippen LogP contribution in [0.5, 0.6) is 0 Å². The zero-order chi connectivity index (χ0) is 9.26. The van der Waals surface area contributed by atoms with Crippen LogP contribution in [0.3, 0.4) is 0 Å². The van der Waals surface area contributed by atoms with Crippen molar-refractivity contribution in [2.45, 2.75) is 32.2 Å². The van der Waals surface area contributed by atoms with Crippen LogP contribution in [0.25, 0.3) is 0 Å². The first-order valence-electron chi connectivity index (χ1n) is 4.70. The Morgan fingerprint density at radius 1 is 1.46 bits per heavy atom. The van der Waals surface area contributed by atoms with E-state index in [1.54, 1.807) is 0 Å². The molecule has 3 nitrogen and oxygen atoms in total. The largest absolute Gasteiger partial charge is 0.310 e. The van der Waals surface area contributed by atoms with Gasteiger partial charge in [0.25, 0.3) is 5.56 Å². The Kier molecular flexibility index (Phi) is 2.51. The molecular weight excluding hydrogens is 184 g/mol. The van der Waals surface area contributed by atoms with E-state index < -0.39 is 0 Å². The number of nitrogens with one attached hydrogen (secondary N) is 2. The third kappa shape index (κ3) is 1.69. The number of rotatable bonds is 1. The van der Waals surface area contributed by atoms with Crippen molar-refractivity contribution in [3.63, 3.8) is 0 Å². The van der Waals surface area contributed by atoms with Crippen molar-refractivity contribution in [3.05, 3.63) is 20.8 Å². The molecule has 72 valence electrons. The van der Waals surface area contributed by atoms with Gasteiger partial charge in [0, 0.05) is 16.5 Å². The Balaban J connectivity index is 2.27. The molecule has 13 heavy (non-hydrogen) atoms. The van der Waals surface area contributed by atoms with Gasteiger partial charge < -0.3 is 5.32 Å². The number of H-pyrrole nitrogens is 1. The monoisotopic (exact) mass is 198 g/mol. The van der Waals surface area contributed by atoms with Crippen LogP contribution in [0, 0.1) is 6.92 Å². The lowest BCUT2D eigenvalue weighted by molar-refractivity contribution is 0.410. The van der Waals surface area contributed by atoms with E-state index in [4.69, 9.17) is 0 Å². The zero-order valence-electron chi connectivity index (χ0n) is 7.72. The minimum absolute atomic E-state index is 0.0990. The molecule has 1 aliphatic rings. The molecule has 1 fully saturated rings. The van der Waals surface area contributed by atoms with Gasteiger partial charge in [0.05, 0.1) is 0 Å². The predicted molar refractivity (Wildman–Crippen MR) is 54.3 cm³/mol. The zero-order valence-corrected chi connectivity index (χ0v) is 8.54. The van der Waals surface area contributed by atoms with Crippen LogP contribution in [0.1, 0.15) is 35.7 Å². The van der Waals surface area contributed by atoms with Crippen LogP contribution in [-0.2, 0) is 0 Å². The summed E-state index contributed by atoms with van der Waals surface area (Å²) in [6.07, 6.45) is 3.56. The summed E-state index contributed by atoms with van der Waals surface area (Å²) in [5.74, 6) is 0. The molecule has 0 spiro atoms. The van der Waals surface area contributed by atoms with E-state index in [0.29, 0.717) is 6.04 Å². The SMILES string of the molecule is Cc1s[nH]c(=O)c1C1CCCCN1. The Labute approximate surface area is 81.3 Å². The molecule has 1 aromatic heterocycles. The lowest BCUT2D eigenvalue weighted by Gasteiger charge is -2.22. The summed E-state index contributed by atoms with van der Waals surface area (Å²) >= 11 is 1.45. The second-order valence-electron chi connectivity index (χ2n) is 3.51. The van der Waals surface area contributed by atoms with Crippen molar-refractivity contribution in [3.8, 4) is 0 Å². The molecule has 0 bridgehead atoms. The van der Waals surface area contributed by atoms with E-state index in [-0.39, 0.29) is 5.56 Å². The average molecular weight is 198 g/mol. The first-order valence-corrected chi connectivity index (χ1v) is 5.52. The summed E-state index contributed by atoms with van der Waals surface area (Å²) in [5, 5.41) is 3.39. The third-order valence-electron chi connectivity index (χ3n) is 2.58. The Hall–Kier alpha value is -0.610. The van der Waals surface area contributed by atoms with Gasteiger partial charge in [0.2, 0.25) is 0 Å². The molecule has 1 atom stereocenters. The Bertz CT molecular complexity index is 336. The van der Waals surface area contributed by atoms with Crippen LogP contribution < -0.4 is 10.9 Å². The molecule has 4 heteroatoms. The Morgan fingerprint density at radius 2 is 2.31 bits per heavy atom. The maximum absolute atomic E-state index is 11.5. The molecule has 1 aromatic rings. The molecule has 0 aliphatic carbocycles. The lowest BCUT2D eigenvalue weighted by Crippen LogP contribution is -2.30. The molecule has 2 N–H and O–H groups in total. The van der Waals surface area contributed by atoms with Gasteiger partial charge in [-0.15, -0.1) is 0 Å². The van der Waals surface area contributed by atoms with Gasteiger partial charge in [0.15, 0.2) is 0 Å². The molecular formula is C9H14N2OS. The minimum atomic E-state index is 0.0990. The van der Waals surface area contributed by atoms with Crippen LogP contribution in [0.15, 0.2) is 4.79 Å². The summed E-state index contributed by atoms with van der Waals surface area (Å²) in [6, 6.07) is 0.295. The number of piperidine rings is 1. The highest BCUT2D eigenvalue weighted by Crippen LogP contribution is 2.23. The second kappa shape index (κ2) is 3.64. The fourth-order valence-electron chi connectivity index (χ4n) is 1.89. The van der Waals surface area contributed by atoms with Gasteiger partial charge in [-0.05, 0) is 26.3 Å². The van der Waals surface area contributed by atoms with Crippen molar-refractivity contribution in [2.75, 3.05) is 6.54 Å². The number of aromatic nitrogens is 1. The molecule has 1 unspecified atom stereocenters. The van der Waals surface area contributed by atoms with E-state index in [2.05, 4.69) is 9.69 Å². The van der Waals surface area contributed by atoms with Crippen molar-refractivity contribution in [1.29, 1.82) is 0 Å². The summed E-state index contributed by atoms with van der Waals surface area (Å²) in [4.78, 5) is 12.6. The molecule has 2 heterocycles. The van der Waals surface area contributed by atoms with Crippen LogP contribution in [0.4, 0.5) is 0 Å². The maximum Gasteiger partial charge on any atom is 0.263 e. The van der Waals surface area contributed by atoms with Gasteiger partial charge in [-0.2, -0.15) is 0 Å². The summed E-state index contributed by atoms with van der Waals surface area (Å²) in [7, 11) is 0. The van der Waals surface area contributed by atoms with E-state index in [1.165, 1.54) is 24.4 Å².